The van der Waals surface area contributed by atoms with Crippen LogP contribution in [0.25, 0.3) is 11.3 Å². The number of rotatable bonds is 4. The number of aromatic nitrogens is 1. The number of halogens is 1. The number of benzene rings is 1. The lowest BCUT2D eigenvalue weighted by Gasteiger charge is -2.06. The highest BCUT2D eigenvalue weighted by atomic mass is 32.1. The maximum atomic E-state index is 12.9. The fourth-order valence-electron chi connectivity index (χ4n) is 2.36. The predicted octanol–water partition coefficient (Wildman–Crippen LogP) is 4.24. The largest absolute Gasteiger partial charge is 0.302 e. The van der Waals surface area contributed by atoms with Gasteiger partial charge in [-0.05, 0) is 43.0 Å². The third kappa shape index (κ3) is 3.55. The van der Waals surface area contributed by atoms with E-state index in [1.165, 1.54) is 23.5 Å². The molecule has 1 heterocycles. The summed E-state index contributed by atoms with van der Waals surface area (Å²) >= 11 is 1.38. The number of carbonyl (C=O) groups is 1. The van der Waals surface area contributed by atoms with E-state index in [4.69, 9.17) is 0 Å². The second-order valence-corrected chi connectivity index (χ2v) is 5.92. The molecule has 0 saturated heterocycles. The Kier molecular flexibility index (Phi) is 4.10. The van der Waals surface area contributed by atoms with Crippen LogP contribution in [0.2, 0.25) is 0 Å². The van der Waals surface area contributed by atoms with E-state index in [1.807, 2.05) is 5.38 Å². The first kappa shape index (κ1) is 13.9. The molecule has 1 aliphatic carbocycles. The number of nitrogens with zero attached hydrogens (tertiary/aromatic N) is 1. The standard InChI is InChI=1S/C16H15FN2OS/c17-13-7-5-12(6-8-13)14-10-21-16(18-14)19-15(20)9-11-3-1-2-4-11/h1,3,5-8,10-11H,2,4,9H2,(H,18,19,20). The minimum absolute atomic E-state index is 0.00782. The molecule has 0 aliphatic heterocycles. The van der Waals surface area contributed by atoms with Crippen LogP contribution < -0.4 is 5.32 Å². The Morgan fingerprint density at radius 2 is 2.19 bits per heavy atom. The number of thiazole rings is 1. The quantitative estimate of drug-likeness (QED) is 0.858. The van der Waals surface area contributed by atoms with Gasteiger partial charge >= 0.3 is 0 Å². The molecule has 1 N–H and O–H groups in total. The molecule has 0 saturated carbocycles. The zero-order valence-electron chi connectivity index (χ0n) is 11.4. The average Bonchev–Trinajstić information content (AvgIpc) is 3.11. The first-order chi connectivity index (χ1) is 10.2. The van der Waals surface area contributed by atoms with E-state index < -0.39 is 0 Å². The van der Waals surface area contributed by atoms with Crippen molar-refractivity contribution in [3.05, 3.63) is 47.6 Å². The maximum Gasteiger partial charge on any atom is 0.226 e. The van der Waals surface area contributed by atoms with Gasteiger partial charge in [0.25, 0.3) is 0 Å². The van der Waals surface area contributed by atoms with Crippen molar-refractivity contribution < 1.29 is 9.18 Å². The number of hydrogen-bond donors (Lipinski definition) is 1. The third-order valence-electron chi connectivity index (χ3n) is 3.45. The molecule has 1 aromatic heterocycles. The summed E-state index contributed by atoms with van der Waals surface area (Å²) in [7, 11) is 0. The molecule has 5 heteroatoms. The lowest BCUT2D eigenvalue weighted by atomic mass is 10.1. The molecule has 1 aromatic carbocycles. The maximum absolute atomic E-state index is 12.9. The minimum atomic E-state index is -0.271. The zero-order valence-corrected chi connectivity index (χ0v) is 12.2. The van der Waals surface area contributed by atoms with Gasteiger partial charge in [-0.1, -0.05) is 12.2 Å². The van der Waals surface area contributed by atoms with Crippen molar-refractivity contribution >= 4 is 22.4 Å². The number of allylic oxidation sites excluding steroid dienone is 2. The Hall–Kier alpha value is -2.01. The first-order valence-corrected chi connectivity index (χ1v) is 7.76. The minimum Gasteiger partial charge on any atom is -0.302 e. The SMILES string of the molecule is O=C(CC1C=CCC1)Nc1nc(-c2ccc(F)cc2)cs1. The molecular weight excluding hydrogens is 287 g/mol. The van der Waals surface area contributed by atoms with Crippen molar-refractivity contribution in [2.75, 3.05) is 5.32 Å². The molecule has 1 amide bonds. The molecular formula is C16H15FN2OS. The number of hydrogen-bond acceptors (Lipinski definition) is 3. The van der Waals surface area contributed by atoms with Crippen molar-refractivity contribution in [3.63, 3.8) is 0 Å². The van der Waals surface area contributed by atoms with Gasteiger partial charge < -0.3 is 5.32 Å². The first-order valence-electron chi connectivity index (χ1n) is 6.89. The van der Waals surface area contributed by atoms with Crippen LogP contribution in [0.4, 0.5) is 9.52 Å². The Morgan fingerprint density at radius 1 is 1.38 bits per heavy atom. The van der Waals surface area contributed by atoms with Crippen LogP contribution >= 0.6 is 11.3 Å². The molecule has 1 aliphatic rings. The summed E-state index contributed by atoms with van der Waals surface area (Å²) in [5, 5.41) is 5.27. The van der Waals surface area contributed by atoms with Gasteiger partial charge in [0.2, 0.25) is 5.91 Å². The van der Waals surface area contributed by atoms with Crippen LogP contribution in [0.3, 0.4) is 0 Å². The highest BCUT2D eigenvalue weighted by Gasteiger charge is 2.15. The predicted molar refractivity (Wildman–Crippen MR) is 82.6 cm³/mol. The average molecular weight is 302 g/mol. The van der Waals surface area contributed by atoms with Crippen LogP contribution in [0.15, 0.2) is 41.8 Å². The molecule has 3 nitrogen and oxygen atoms in total. The van der Waals surface area contributed by atoms with E-state index in [0.29, 0.717) is 17.5 Å². The Bertz CT molecular complexity index is 663. The van der Waals surface area contributed by atoms with Gasteiger partial charge in [-0.25, -0.2) is 9.37 Å². The molecule has 3 rings (SSSR count). The number of nitrogens with one attached hydrogen (secondary N) is 1. The second kappa shape index (κ2) is 6.18. The number of carbonyl (C=O) groups excluding carboxylic acids is 1. The van der Waals surface area contributed by atoms with Gasteiger partial charge in [0, 0.05) is 17.4 Å². The van der Waals surface area contributed by atoms with Gasteiger partial charge in [-0.3, -0.25) is 4.79 Å². The fourth-order valence-corrected chi connectivity index (χ4v) is 3.09. The van der Waals surface area contributed by atoms with Gasteiger partial charge in [-0.2, -0.15) is 0 Å². The summed E-state index contributed by atoms with van der Waals surface area (Å²) in [6.07, 6.45) is 6.83. The zero-order chi connectivity index (χ0) is 14.7. The van der Waals surface area contributed by atoms with Crippen molar-refractivity contribution in [1.29, 1.82) is 0 Å². The molecule has 0 spiro atoms. The highest BCUT2D eigenvalue weighted by molar-refractivity contribution is 7.14. The van der Waals surface area contributed by atoms with Gasteiger partial charge in [0.05, 0.1) is 5.69 Å². The summed E-state index contributed by atoms with van der Waals surface area (Å²) in [4.78, 5) is 16.3. The van der Waals surface area contributed by atoms with Crippen LogP contribution in [-0.4, -0.2) is 10.9 Å². The normalized spacial score (nSPS) is 17.1. The highest BCUT2D eigenvalue weighted by Crippen LogP contribution is 2.26. The van der Waals surface area contributed by atoms with Gasteiger partial charge in [0.15, 0.2) is 5.13 Å². The molecule has 21 heavy (non-hydrogen) atoms. The van der Waals surface area contributed by atoms with E-state index in [9.17, 15) is 9.18 Å². The van der Waals surface area contributed by atoms with Gasteiger partial charge in [0.1, 0.15) is 5.82 Å². The Labute approximate surface area is 126 Å². The van der Waals surface area contributed by atoms with E-state index in [2.05, 4.69) is 22.5 Å². The van der Waals surface area contributed by atoms with E-state index in [1.54, 1.807) is 12.1 Å². The molecule has 0 radical (unpaired) electrons. The van der Waals surface area contributed by atoms with Crippen molar-refractivity contribution in [2.24, 2.45) is 5.92 Å². The van der Waals surface area contributed by atoms with Crippen LogP contribution in [0.1, 0.15) is 19.3 Å². The van der Waals surface area contributed by atoms with E-state index in [0.717, 1.165) is 24.1 Å². The third-order valence-corrected chi connectivity index (χ3v) is 4.21. The molecule has 2 aromatic rings. The smallest absolute Gasteiger partial charge is 0.226 e. The van der Waals surface area contributed by atoms with Crippen LogP contribution in [0, 0.1) is 11.7 Å². The second-order valence-electron chi connectivity index (χ2n) is 5.06. The van der Waals surface area contributed by atoms with Crippen molar-refractivity contribution in [2.45, 2.75) is 19.3 Å². The molecule has 0 bridgehead atoms. The van der Waals surface area contributed by atoms with Crippen molar-refractivity contribution in [1.82, 2.24) is 4.98 Å². The van der Waals surface area contributed by atoms with Crippen LogP contribution in [0.5, 0.6) is 0 Å². The lowest BCUT2D eigenvalue weighted by molar-refractivity contribution is -0.116. The van der Waals surface area contributed by atoms with E-state index >= 15 is 0 Å². The lowest BCUT2D eigenvalue weighted by Crippen LogP contribution is -2.14. The van der Waals surface area contributed by atoms with E-state index in [-0.39, 0.29) is 11.7 Å². The number of anilines is 1. The Morgan fingerprint density at radius 3 is 2.90 bits per heavy atom. The van der Waals surface area contributed by atoms with Crippen LogP contribution in [-0.2, 0) is 4.79 Å². The number of amides is 1. The summed E-state index contributed by atoms with van der Waals surface area (Å²) in [6.45, 7) is 0. The molecule has 108 valence electrons. The summed E-state index contributed by atoms with van der Waals surface area (Å²) in [5.74, 6) is 0.0696. The Balaban J connectivity index is 1.63. The molecule has 0 fully saturated rings. The summed E-state index contributed by atoms with van der Waals surface area (Å²) < 4.78 is 12.9. The monoisotopic (exact) mass is 302 g/mol. The molecule has 1 atom stereocenters. The van der Waals surface area contributed by atoms with Gasteiger partial charge in [-0.15, -0.1) is 11.3 Å². The molecule has 1 unspecified atom stereocenters. The summed E-state index contributed by atoms with van der Waals surface area (Å²) in [5.41, 5.74) is 1.59. The topological polar surface area (TPSA) is 42.0 Å². The van der Waals surface area contributed by atoms with Crippen molar-refractivity contribution in [3.8, 4) is 11.3 Å². The summed E-state index contributed by atoms with van der Waals surface area (Å²) in [6, 6.07) is 6.16. The fraction of sp³-hybridized carbons (Fsp3) is 0.250.